The van der Waals surface area contributed by atoms with E-state index in [0.29, 0.717) is 47.3 Å². The van der Waals surface area contributed by atoms with Crippen LogP contribution in [0.4, 0.5) is 17.6 Å². The topological polar surface area (TPSA) is 130 Å². The van der Waals surface area contributed by atoms with Crippen molar-refractivity contribution < 1.29 is 60.5 Å². The highest BCUT2D eigenvalue weighted by Gasteiger charge is 2.59. The molecule has 0 N–H and O–H groups in total. The molecular weight excluding hydrogens is 881 g/mol. The van der Waals surface area contributed by atoms with Gasteiger partial charge in [-0.25, -0.2) is 27.2 Å². The summed E-state index contributed by atoms with van der Waals surface area (Å²) in [5.74, 6) is -11.2. The number of hydrogen-bond acceptors (Lipinski definition) is 12. The first kappa shape index (κ1) is 40.0. The monoisotopic (exact) mass is 902 g/mol. The number of benzene rings is 4. The van der Waals surface area contributed by atoms with E-state index >= 15 is 0 Å². The van der Waals surface area contributed by atoms with E-state index in [2.05, 4.69) is 0 Å². The lowest BCUT2D eigenvalue weighted by Gasteiger charge is -2.33. The zero-order valence-corrected chi connectivity index (χ0v) is 34.2. The third kappa shape index (κ3) is 6.48. The third-order valence-electron chi connectivity index (χ3n) is 10.6. The van der Waals surface area contributed by atoms with Crippen LogP contribution >= 0.6 is 34.0 Å². The SMILES string of the molecule is O=C1C(=O)c2c(F)cc(F)cc2/C1=C/c1cc2c(s1)-c1sc3cc(/C=C4\C(=O)C(=O)c5c(F)cc(F)cc54)sc3c1OC2(C(=O)OCc1ccccc1)C(=O)OCc1ccccc1. The Balaban J connectivity index is 1.15. The van der Waals surface area contributed by atoms with Crippen LogP contribution < -0.4 is 4.74 Å². The maximum absolute atomic E-state index is 14.8. The second kappa shape index (κ2) is 15.0. The lowest BCUT2D eigenvalue weighted by molar-refractivity contribution is -0.183. The number of Topliss-reactive ketones (excluding diaryl/α,β-unsaturated/α-hetero) is 4. The Morgan fingerprint density at radius 3 is 1.59 bits per heavy atom. The van der Waals surface area contributed by atoms with Gasteiger partial charge in [0.2, 0.25) is 23.1 Å². The summed E-state index contributed by atoms with van der Waals surface area (Å²) in [4.78, 5) is 82.8. The minimum absolute atomic E-state index is 0.0273. The molecule has 4 heterocycles. The fourth-order valence-corrected chi connectivity index (χ4v) is 11.4. The normalized spacial score (nSPS) is 16.0. The van der Waals surface area contributed by atoms with Crippen molar-refractivity contribution in [3.05, 3.63) is 169 Å². The summed E-state index contributed by atoms with van der Waals surface area (Å²) in [7, 11) is 0. The summed E-state index contributed by atoms with van der Waals surface area (Å²) in [6.45, 7) is -0.592. The predicted octanol–water partition coefficient (Wildman–Crippen LogP) is 9.93. The van der Waals surface area contributed by atoms with Crippen LogP contribution in [0.3, 0.4) is 0 Å². The minimum atomic E-state index is -2.68. The Hall–Kier alpha value is -7.14. The molecule has 3 aromatic heterocycles. The van der Waals surface area contributed by atoms with Crippen LogP contribution in [0.1, 0.15) is 58.3 Å². The van der Waals surface area contributed by atoms with Crippen LogP contribution in [-0.2, 0) is 47.5 Å². The lowest BCUT2D eigenvalue weighted by Crippen LogP contribution is -2.52. The molecule has 0 radical (unpaired) electrons. The van der Waals surface area contributed by atoms with Crippen molar-refractivity contribution in [3.8, 4) is 15.5 Å². The molecule has 0 bridgehead atoms. The number of halogens is 4. The van der Waals surface area contributed by atoms with E-state index < -0.39 is 75.1 Å². The maximum Gasteiger partial charge on any atom is 0.367 e. The van der Waals surface area contributed by atoms with Crippen molar-refractivity contribution in [2.45, 2.75) is 18.8 Å². The average Bonchev–Trinajstić information content (AvgIpc) is 4.06. The van der Waals surface area contributed by atoms with Gasteiger partial charge in [0.15, 0.2) is 5.75 Å². The largest absolute Gasteiger partial charge is 0.457 e. The van der Waals surface area contributed by atoms with Crippen LogP contribution in [0.15, 0.2) is 97.1 Å². The van der Waals surface area contributed by atoms with Crippen LogP contribution in [0.2, 0.25) is 0 Å². The van der Waals surface area contributed by atoms with Gasteiger partial charge in [-0.3, -0.25) is 19.2 Å². The van der Waals surface area contributed by atoms with Crippen molar-refractivity contribution in [1.82, 2.24) is 0 Å². The summed E-state index contributed by atoms with van der Waals surface area (Å²) in [6.07, 6.45) is 2.56. The van der Waals surface area contributed by atoms with Gasteiger partial charge < -0.3 is 14.2 Å². The number of esters is 2. The quantitative estimate of drug-likeness (QED) is 0.0481. The fraction of sp³-hybridized carbons (Fsp3) is 0.0638. The number of carbonyl (C=O) groups excluding carboxylic acids is 6. The number of fused-ring (bicyclic) bond motifs is 7. The van der Waals surface area contributed by atoms with Crippen LogP contribution in [0.5, 0.6) is 5.75 Å². The molecule has 0 saturated heterocycles. The van der Waals surface area contributed by atoms with Crippen molar-refractivity contribution in [2.75, 3.05) is 0 Å². The highest BCUT2D eigenvalue weighted by atomic mass is 32.1. The highest BCUT2D eigenvalue weighted by molar-refractivity contribution is 7.32. The van der Waals surface area contributed by atoms with Gasteiger partial charge in [-0.1, -0.05) is 60.7 Å². The molecule has 2 aliphatic carbocycles. The molecule has 10 rings (SSSR count). The molecule has 9 nitrogen and oxygen atoms in total. The number of thiophene rings is 3. The molecule has 63 heavy (non-hydrogen) atoms. The third-order valence-corrected chi connectivity index (χ3v) is 14.1. The average molecular weight is 903 g/mol. The molecule has 16 heteroatoms. The number of rotatable bonds is 8. The van der Waals surface area contributed by atoms with Gasteiger partial charge in [-0.15, -0.1) is 34.0 Å². The lowest BCUT2D eigenvalue weighted by atomic mass is 9.90. The van der Waals surface area contributed by atoms with Crippen LogP contribution in [-0.4, -0.2) is 35.1 Å². The van der Waals surface area contributed by atoms with Gasteiger partial charge in [0.25, 0.3) is 0 Å². The van der Waals surface area contributed by atoms with Gasteiger partial charge in [-0.05, 0) is 47.5 Å². The molecule has 0 amide bonds. The number of allylic oxidation sites excluding steroid dienone is 2. The standard InChI is InChI=1S/C47H22F4O9S3/c48-23-11-27-29(37(52)39(54)35(27)32(50)13-23)15-25-17-31-42(61-25)44-41(43-34(63-44)18-26(62-43)16-30-28-12-24(49)14-33(51)36(28)40(55)38(30)53)60-47(31,45(56)58-19-21-7-3-1-4-8-21)46(57)59-20-22-9-5-2-6-10-22/h1-18H,19-20H2/b29-15-,30-16-. The van der Waals surface area contributed by atoms with Gasteiger partial charge in [0.1, 0.15) is 36.5 Å². The number of ketones is 4. The van der Waals surface area contributed by atoms with E-state index in [1.807, 2.05) is 0 Å². The zero-order valence-electron chi connectivity index (χ0n) is 31.7. The second-order valence-corrected chi connectivity index (χ2v) is 17.7. The van der Waals surface area contributed by atoms with Crippen molar-refractivity contribution in [3.63, 3.8) is 0 Å². The Morgan fingerprint density at radius 1 is 0.587 bits per heavy atom. The number of hydrogen-bond donors (Lipinski definition) is 0. The van der Waals surface area contributed by atoms with Crippen LogP contribution in [0, 0.1) is 23.3 Å². The van der Waals surface area contributed by atoms with E-state index in [0.717, 1.165) is 46.1 Å². The first-order chi connectivity index (χ1) is 30.3. The van der Waals surface area contributed by atoms with E-state index in [1.54, 1.807) is 66.7 Å². The van der Waals surface area contributed by atoms with E-state index in [-0.39, 0.29) is 51.7 Å². The summed E-state index contributed by atoms with van der Waals surface area (Å²) in [5.41, 5.74) is -3.74. The Morgan fingerprint density at radius 2 is 1.08 bits per heavy atom. The molecule has 7 aromatic rings. The minimum Gasteiger partial charge on any atom is -0.457 e. The molecule has 0 spiro atoms. The van der Waals surface area contributed by atoms with E-state index in [1.165, 1.54) is 18.2 Å². The van der Waals surface area contributed by atoms with Crippen molar-refractivity contribution in [1.29, 1.82) is 0 Å². The molecule has 3 aliphatic rings. The molecule has 1 aliphatic heterocycles. The number of ether oxygens (including phenoxy) is 3. The fourth-order valence-electron chi connectivity index (χ4n) is 7.68. The molecule has 0 saturated carbocycles. The Bertz CT molecular complexity index is 3210. The molecule has 0 unspecified atom stereocenters. The molecule has 310 valence electrons. The highest BCUT2D eigenvalue weighted by Crippen LogP contribution is 2.58. The molecular formula is C47H22F4O9S3. The zero-order chi connectivity index (χ0) is 43.9. The van der Waals surface area contributed by atoms with Crippen molar-refractivity contribution in [2.24, 2.45) is 0 Å². The second-order valence-electron chi connectivity index (χ2n) is 14.5. The molecule has 4 aromatic carbocycles. The van der Waals surface area contributed by atoms with Gasteiger partial charge in [0.05, 0.1) is 30.3 Å². The molecule has 0 atom stereocenters. The van der Waals surface area contributed by atoms with E-state index in [4.69, 9.17) is 14.2 Å². The molecule has 0 fully saturated rings. The van der Waals surface area contributed by atoms with E-state index in [9.17, 15) is 46.3 Å². The first-order valence-electron chi connectivity index (χ1n) is 18.7. The summed E-state index contributed by atoms with van der Waals surface area (Å²) >= 11 is 3.18. The van der Waals surface area contributed by atoms with Gasteiger partial charge in [0, 0.05) is 49.7 Å². The van der Waals surface area contributed by atoms with Crippen molar-refractivity contribution >= 4 is 102 Å². The van der Waals surface area contributed by atoms with Gasteiger partial charge in [-0.2, -0.15) is 0 Å². The summed E-state index contributed by atoms with van der Waals surface area (Å²) < 4.78 is 77.5. The van der Waals surface area contributed by atoms with Gasteiger partial charge >= 0.3 is 17.5 Å². The first-order valence-corrected chi connectivity index (χ1v) is 21.2. The summed E-state index contributed by atoms with van der Waals surface area (Å²) in [6, 6.07) is 23.0. The smallest absolute Gasteiger partial charge is 0.367 e. The van der Waals surface area contributed by atoms with Crippen LogP contribution in [0.25, 0.3) is 42.5 Å². The predicted molar refractivity (Wildman–Crippen MR) is 225 cm³/mol. The maximum atomic E-state index is 14.8. The summed E-state index contributed by atoms with van der Waals surface area (Å²) in [5, 5.41) is 0. The number of carbonyl (C=O) groups is 6. The Kier molecular flexibility index (Phi) is 9.54. The Labute approximate surface area is 364 Å².